The van der Waals surface area contributed by atoms with Gasteiger partial charge in [-0.2, -0.15) is 0 Å². The van der Waals surface area contributed by atoms with E-state index < -0.39 is 0 Å². The van der Waals surface area contributed by atoms with Crippen LogP contribution in [0, 0.1) is 5.82 Å². The van der Waals surface area contributed by atoms with Gasteiger partial charge in [0.15, 0.2) is 0 Å². The molecule has 0 saturated carbocycles. The first-order valence-corrected chi connectivity index (χ1v) is 5.04. The smallest absolute Gasteiger partial charge is 0.123 e. The minimum Gasteiger partial charge on any atom is -0.497 e. The van der Waals surface area contributed by atoms with Gasteiger partial charge in [-0.3, -0.25) is 0 Å². The zero-order valence-corrected chi connectivity index (χ0v) is 9.32. The zero-order chi connectivity index (χ0) is 11.8. The molecule has 16 heavy (non-hydrogen) atoms. The van der Waals surface area contributed by atoms with Crippen molar-refractivity contribution in [2.45, 2.75) is 13.5 Å². The molecule has 0 aromatic heterocycles. The molecule has 1 aromatic rings. The van der Waals surface area contributed by atoms with Crippen LogP contribution in [0.15, 0.2) is 60.9 Å². The van der Waals surface area contributed by atoms with Crippen LogP contribution in [0.5, 0.6) is 0 Å². The number of benzene rings is 1. The fourth-order valence-corrected chi connectivity index (χ4v) is 1.17. The van der Waals surface area contributed by atoms with E-state index in [1.807, 2.05) is 25.1 Å². The second-order valence-electron chi connectivity index (χ2n) is 3.39. The first-order chi connectivity index (χ1) is 7.72. The van der Waals surface area contributed by atoms with Crippen LogP contribution in [0.25, 0.3) is 0 Å². The minimum absolute atomic E-state index is 0.243. The van der Waals surface area contributed by atoms with Crippen molar-refractivity contribution < 1.29 is 9.13 Å². The maximum atomic E-state index is 12.8. The van der Waals surface area contributed by atoms with Gasteiger partial charge in [0.25, 0.3) is 0 Å². The SMILES string of the molecule is C=C/C=C(C)\C=C/OCc1cccc(F)c1. The highest BCUT2D eigenvalue weighted by Crippen LogP contribution is 2.05. The van der Waals surface area contributed by atoms with Crippen molar-refractivity contribution in [3.63, 3.8) is 0 Å². The lowest BCUT2D eigenvalue weighted by atomic mass is 10.2. The third kappa shape index (κ3) is 4.60. The quantitative estimate of drug-likeness (QED) is 0.536. The first kappa shape index (κ1) is 12.2. The second-order valence-corrected chi connectivity index (χ2v) is 3.39. The van der Waals surface area contributed by atoms with Gasteiger partial charge in [0, 0.05) is 0 Å². The number of halogens is 1. The molecule has 0 aliphatic rings. The summed E-state index contributed by atoms with van der Waals surface area (Å²) in [7, 11) is 0. The fourth-order valence-electron chi connectivity index (χ4n) is 1.17. The predicted octanol–water partition coefficient (Wildman–Crippen LogP) is 3.99. The molecule has 84 valence electrons. The Bertz CT molecular complexity index is 405. The summed E-state index contributed by atoms with van der Waals surface area (Å²) in [6, 6.07) is 6.36. The molecule has 0 radical (unpaired) electrons. The van der Waals surface area contributed by atoms with E-state index in [9.17, 15) is 4.39 Å². The number of ether oxygens (including phenoxy) is 1. The third-order valence-corrected chi connectivity index (χ3v) is 1.95. The third-order valence-electron chi connectivity index (χ3n) is 1.95. The van der Waals surface area contributed by atoms with Crippen LogP contribution in [0.4, 0.5) is 4.39 Å². The average molecular weight is 218 g/mol. The Morgan fingerprint density at radius 2 is 2.31 bits per heavy atom. The van der Waals surface area contributed by atoms with Crippen molar-refractivity contribution in [2.75, 3.05) is 0 Å². The van der Waals surface area contributed by atoms with Crippen LogP contribution in [0.2, 0.25) is 0 Å². The standard InChI is InChI=1S/C14H15FO/c1-3-5-12(2)8-9-16-11-13-6-4-7-14(15)10-13/h3-10H,1,11H2,2H3/b9-8-,12-5-. The number of hydrogen-bond acceptors (Lipinski definition) is 1. The molecular formula is C14H15FO. The van der Waals surface area contributed by atoms with Gasteiger partial charge < -0.3 is 4.74 Å². The summed E-state index contributed by atoms with van der Waals surface area (Å²) in [6.07, 6.45) is 7.02. The van der Waals surface area contributed by atoms with Crippen molar-refractivity contribution >= 4 is 0 Å². The van der Waals surface area contributed by atoms with E-state index in [1.165, 1.54) is 12.1 Å². The molecule has 0 bridgehead atoms. The van der Waals surface area contributed by atoms with Crippen LogP contribution in [0.1, 0.15) is 12.5 Å². The molecule has 1 aromatic carbocycles. The highest BCUT2D eigenvalue weighted by atomic mass is 19.1. The Kier molecular flexibility index (Phi) is 5.06. The first-order valence-electron chi connectivity index (χ1n) is 5.04. The van der Waals surface area contributed by atoms with Gasteiger partial charge in [-0.25, -0.2) is 4.39 Å². The van der Waals surface area contributed by atoms with E-state index >= 15 is 0 Å². The van der Waals surface area contributed by atoms with Gasteiger partial charge in [-0.15, -0.1) is 0 Å². The van der Waals surface area contributed by atoms with Gasteiger partial charge in [0.1, 0.15) is 12.4 Å². The predicted molar refractivity (Wildman–Crippen MR) is 64.3 cm³/mol. The maximum Gasteiger partial charge on any atom is 0.123 e. The summed E-state index contributed by atoms with van der Waals surface area (Å²) in [5.74, 6) is -0.243. The highest BCUT2D eigenvalue weighted by Gasteiger charge is 1.93. The van der Waals surface area contributed by atoms with E-state index in [0.29, 0.717) is 6.61 Å². The molecular weight excluding hydrogens is 203 g/mol. The van der Waals surface area contributed by atoms with E-state index in [2.05, 4.69) is 6.58 Å². The highest BCUT2D eigenvalue weighted by molar-refractivity contribution is 5.19. The van der Waals surface area contributed by atoms with Crippen LogP contribution < -0.4 is 0 Å². The number of hydrogen-bond donors (Lipinski definition) is 0. The Morgan fingerprint density at radius 1 is 1.50 bits per heavy atom. The van der Waals surface area contributed by atoms with Gasteiger partial charge in [-0.05, 0) is 36.3 Å². The summed E-state index contributed by atoms with van der Waals surface area (Å²) in [4.78, 5) is 0. The van der Waals surface area contributed by atoms with Crippen molar-refractivity contribution in [1.82, 2.24) is 0 Å². The van der Waals surface area contributed by atoms with Crippen molar-refractivity contribution in [2.24, 2.45) is 0 Å². The molecule has 0 heterocycles. The van der Waals surface area contributed by atoms with Crippen molar-refractivity contribution in [3.05, 3.63) is 72.3 Å². The Morgan fingerprint density at radius 3 is 3.00 bits per heavy atom. The number of allylic oxidation sites excluding steroid dienone is 4. The summed E-state index contributed by atoms with van der Waals surface area (Å²) in [5, 5.41) is 0. The van der Waals surface area contributed by atoms with Crippen molar-refractivity contribution in [3.8, 4) is 0 Å². The van der Waals surface area contributed by atoms with Gasteiger partial charge in [0.2, 0.25) is 0 Å². The molecule has 0 aliphatic heterocycles. The Hall–Kier alpha value is -1.83. The molecule has 0 N–H and O–H groups in total. The average Bonchev–Trinajstić information content (AvgIpc) is 2.25. The lowest BCUT2D eigenvalue weighted by molar-refractivity contribution is 0.236. The van der Waals surface area contributed by atoms with E-state index in [1.54, 1.807) is 18.4 Å². The topological polar surface area (TPSA) is 9.23 Å². The molecule has 0 aliphatic carbocycles. The van der Waals surface area contributed by atoms with Crippen molar-refractivity contribution in [1.29, 1.82) is 0 Å². The van der Waals surface area contributed by atoms with E-state index in [-0.39, 0.29) is 5.82 Å². The lowest BCUT2D eigenvalue weighted by Gasteiger charge is -2.00. The molecule has 0 fully saturated rings. The Balaban J connectivity index is 2.41. The van der Waals surface area contributed by atoms with Crippen LogP contribution >= 0.6 is 0 Å². The molecule has 0 atom stereocenters. The largest absolute Gasteiger partial charge is 0.497 e. The molecule has 1 nitrogen and oxygen atoms in total. The molecule has 1 rings (SSSR count). The van der Waals surface area contributed by atoms with Gasteiger partial charge in [0.05, 0.1) is 6.26 Å². The maximum absolute atomic E-state index is 12.8. The van der Waals surface area contributed by atoms with E-state index in [0.717, 1.165) is 11.1 Å². The molecule has 0 spiro atoms. The molecule has 0 unspecified atom stereocenters. The Labute approximate surface area is 95.6 Å². The normalized spacial score (nSPS) is 11.8. The van der Waals surface area contributed by atoms with Crippen LogP contribution in [-0.4, -0.2) is 0 Å². The van der Waals surface area contributed by atoms with Gasteiger partial charge >= 0.3 is 0 Å². The summed E-state index contributed by atoms with van der Waals surface area (Å²) in [6.45, 7) is 5.91. The minimum atomic E-state index is -0.243. The fraction of sp³-hybridized carbons (Fsp3) is 0.143. The summed E-state index contributed by atoms with van der Waals surface area (Å²) in [5.41, 5.74) is 1.87. The summed E-state index contributed by atoms with van der Waals surface area (Å²) >= 11 is 0. The monoisotopic (exact) mass is 218 g/mol. The van der Waals surface area contributed by atoms with Crippen LogP contribution in [-0.2, 0) is 11.3 Å². The number of rotatable bonds is 5. The zero-order valence-electron chi connectivity index (χ0n) is 9.32. The van der Waals surface area contributed by atoms with Crippen LogP contribution in [0.3, 0.4) is 0 Å². The summed E-state index contributed by atoms with van der Waals surface area (Å²) < 4.78 is 18.1. The van der Waals surface area contributed by atoms with E-state index in [4.69, 9.17) is 4.74 Å². The van der Waals surface area contributed by atoms with Gasteiger partial charge in [-0.1, -0.05) is 30.9 Å². The second kappa shape index (κ2) is 6.62. The molecule has 2 heteroatoms. The molecule has 0 saturated heterocycles. The molecule has 0 amide bonds. The lowest BCUT2D eigenvalue weighted by Crippen LogP contribution is -1.87.